The van der Waals surface area contributed by atoms with Gasteiger partial charge in [-0.2, -0.15) is 16.3 Å². The fourth-order valence-electron chi connectivity index (χ4n) is 2.39. The average Bonchev–Trinajstić information content (AvgIpc) is 3.07. The van der Waals surface area contributed by atoms with E-state index in [4.69, 9.17) is 10.4 Å². The molecule has 1 fully saturated rings. The maximum absolute atomic E-state index is 11.9. The van der Waals surface area contributed by atoms with Crippen molar-refractivity contribution in [2.45, 2.75) is 11.1 Å². The van der Waals surface area contributed by atoms with Crippen molar-refractivity contribution in [3.05, 3.63) is 47.8 Å². The van der Waals surface area contributed by atoms with Gasteiger partial charge in [0.15, 0.2) is 0 Å². The molecule has 2 heterocycles. The van der Waals surface area contributed by atoms with Crippen LogP contribution in [0.3, 0.4) is 0 Å². The van der Waals surface area contributed by atoms with Gasteiger partial charge in [0.05, 0.1) is 10.5 Å². The van der Waals surface area contributed by atoms with Crippen LogP contribution in [0.2, 0.25) is 0 Å². The SMILES string of the molecule is N#Cc1cncc(-c2cccc(S(N)(=O)=O)c2C2NNNN2)c1. The number of nitrogens with zero attached hydrogens (tertiary/aromatic N) is 2. The van der Waals surface area contributed by atoms with Gasteiger partial charge in [0.1, 0.15) is 12.2 Å². The number of nitriles is 1. The van der Waals surface area contributed by atoms with Gasteiger partial charge in [-0.3, -0.25) is 4.98 Å². The van der Waals surface area contributed by atoms with E-state index in [1.54, 1.807) is 24.4 Å². The summed E-state index contributed by atoms with van der Waals surface area (Å²) in [7, 11) is -3.94. The van der Waals surface area contributed by atoms with Crippen molar-refractivity contribution in [2.24, 2.45) is 5.14 Å². The Bertz CT molecular complexity index is 885. The minimum Gasteiger partial charge on any atom is -0.263 e. The second-order valence-corrected chi connectivity index (χ2v) is 6.34. The van der Waals surface area contributed by atoms with Crippen LogP contribution in [0.4, 0.5) is 0 Å². The Morgan fingerprint density at radius 3 is 2.61 bits per heavy atom. The van der Waals surface area contributed by atoms with Crippen molar-refractivity contribution in [3.63, 3.8) is 0 Å². The maximum atomic E-state index is 11.9. The topological polar surface area (TPSA) is 145 Å². The molecule has 0 radical (unpaired) electrons. The molecule has 1 aromatic carbocycles. The fourth-order valence-corrected chi connectivity index (χ4v) is 3.19. The minimum absolute atomic E-state index is 0.0205. The molecule has 1 aliphatic heterocycles. The number of rotatable bonds is 3. The van der Waals surface area contributed by atoms with Crippen molar-refractivity contribution in [1.29, 1.82) is 5.26 Å². The van der Waals surface area contributed by atoms with Gasteiger partial charge in [0.2, 0.25) is 10.0 Å². The summed E-state index contributed by atoms with van der Waals surface area (Å²) in [4.78, 5) is 4.00. The van der Waals surface area contributed by atoms with Gasteiger partial charge in [-0.1, -0.05) is 12.1 Å². The third-order valence-electron chi connectivity index (χ3n) is 3.34. The van der Waals surface area contributed by atoms with Gasteiger partial charge in [0.25, 0.3) is 0 Å². The number of sulfonamides is 1. The van der Waals surface area contributed by atoms with E-state index in [0.717, 1.165) is 0 Å². The molecule has 10 heteroatoms. The number of hydrogen-bond donors (Lipinski definition) is 5. The van der Waals surface area contributed by atoms with E-state index in [-0.39, 0.29) is 4.90 Å². The second-order valence-electron chi connectivity index (χ2n) is 4.81. The van der Waals surface area contributed by atoms with Crippen molar-refractivity contribution in [2.75, 3.05) is 0 Å². The summed E-state index contributed by atoms with van der Waals surface area (Å²) in [5, 5.41) is 14.4. The molecule has 0 bridgehead atoms. The Morgan fingerprint density at radius 2 is 1.96 bits per heavy atom. The van der Waals surface area contributed by atoms with Crippen LogP contribution in [0, 0.1) is 11.3 Å². The molecular formula is C13H13N7O2S. The molecule has 23 heavy (non-hydrogen) atoms. The van der Waals surface area contributed by atoms with Gasteiger partial charge < -0.3 is 0 Å². The third-order valence-corrected chi connectivity index (χ3v) is 4.30. The van der Waals surface area contributed by atoms with Crippen LogP contribution in [-0.4, -0.2) is 13.4 Å². The maximum Gasteiger partial charge on any atom is 0.238 e. The smallest absolute Gasteiger partial charge is 0.238 e. The summed E-state index contributed by atoms with van der Waals surface area (Å²) in [5.74, 6) is 0. The van der Waals surface area contributed by atoms with Crippen molar-refractivity contribution < 1.29 is 8.42 Å². The predicted molar refractivity (Wildman–Crippen MR) is 81.0 cm³/mol. The summed E-state index contributed by atoms with van der Waals surface area (Å²) < 4.78 is 23.9. The van der Waals surface area contributed by atoms with E-state index < -0.39 is 16.2 Å². The van der Waals surface area contributed by atoms with E-state index in [9.17, 15) is 8.42 Å². The lowest BCUT2D eigenvalue weighted by atomic mass is 9.98. The molecule has 0 amide bonds. The van der Waals surface area contributed by atoms with Gasteiger partial charge >= 0.3 is 0 Å². The highest BCUT2D eigenvalue weighted by Gasteiger charge is 2.27. The minimum atomic E-state index is -3.94. The molecule has 1 aliphatic rings. The van der Waals surface area contributed by atoms with E-state index in [2.05, 4.69) is 26.9 Å². The van der Waals surface area contributed by atoms with Crippen molar-refractivity contribution in [3.8, 4) is 17.2 Å². The average molecular weight is 331 g/mol. The highest BCUT2D eigenvalue weighted by Crippen LogP contribution is 2.32. The summed E-state index contributed by atoms with van der Waals surface area (Å²) in [6.45, 7) is 0. The first-order valence-electron chi connectivity index (χ1n) is 6.53. The van der Waals surface area contributed by atoms with E-state index in [1.807, 2.05) is 6.07 Å². The predicted octanol–water partition coefficient (Wildman–Crippen LogP) is -0.617. The molecule has 118 valence electrons. The Kier molecular flexibility index (Phi) is 4.05. The van der Waals surface area contributed by atoms with Gasteiger partial charge in [0, 0.05) is 23.5 Å². The summed E-state index contributed by atoms with van der Waals surface area (Å²) >= 11 is 0. The number of hydrazine groups is 3. The first-order chi connectivity index (χ1) is 11.0. The number of primary sulfonamides is 1. The van der Waals surface area contributed by atoms with Crippen LogP contribution in [0.15, 0.2) is 41.6 Å². The molecule has 0 atom stereocenters. The number of aromatic nitrogens is 1. The molecule has 1 aromatic heterocycles. The molecule has 6 N–H and O–H groups in total. The highest BCUT2D eigenvalue weighted by molar-refractivity contribution is 7.89. The summed E-state index contributed by atoms with van der Waals surface area (Å²) in [6.07, 6.45) is 2.44. The van der Waals surface area contributed by atoms with E-state index in [1.165, 1.54) is 12.3 Å². The van der Waals surface area contributed by atoms with Crippen LogP contribution < -0.4 is 27.1 Å². The first-order valence-corrected chi connectivity index (χ1v) is 8.07. The quantitative estimate of drug-likeness (QED) is 0.500. The van der Waals surface area contributed by atoms with Crippen LogP contribution >= 0.6 is 0 Å². The zero-order valence-electron chi connectivity index (χ0n) is 11.7. The van der Waals surface area contributed by atoms with Crippen molar-refractivity contribution in [1.82, 2.24) is 26.9 Å². The van der Waals surface area contributed by atoms with Crippen LogP contribution in [0.25, 0.3) is 11.1 Å². The molecular weight excluding hydrogens is 318 g/mol. The third kappa shape index (κ3) is 3.06. The monoisotopic (exact) mass is 331 g/mol. The largest absolute Gasteiger partial charge is 0.263 e. The lowest BCUT2D eigenvalue weighted by Crippen LogP contribution is -2.33. The molecule has 3 rings (SSSR count). The lowest BCUT2D eigenvalue weighted by Gasteiger charge is -2.18. The molecule has 9 nitrogen and oxygen atoms in total. The van der Waals surface area contributed by atoms with Crippen LogP contribution in [0.1, 0.15) is 17.3 Å². The second kappa shape index (κ2) is 6.01. The van der Waals surface area contributed by atoms with Crippen molar-refractivity contribution >= 4 is 10.0 Å². The highest BCUT2D eigenvalue weighted by atomic mass is 32.2. The summed E-state index contributed by atoms with van der Waals surface area (Å²) in [6, 6.07) is 8.40. The van der Waals surface area contributed by atoms with Gasteiger partial charge in [-0.05, 0) is 17.7 Å². The molecule has 0 aliphatic carbocycles. The zero-order valence-corrected chi connectivity index (χ0v) is 12.6. The number of nitrogens with two attached hydrogens (primary N) is 1. The van der Waals surface area contributed by atoms with Crippen LogP contribution in [0.5, 0.6) is 0 Å². The number of pyridine rings is 1. The molecule has 2 aromatic rings. The Morgan fingerprint density at radius 1 is 1.22 bits per heavy atom. The Balaban J connectivity index is 2.26. The number of benzene rings is 1. The number of nitrogens with one attached hydrogen (secondary N) is 4. The summed E-state index contributed by atoms with van der Waals surface area (Å²) in [5.41, 5.74) is 13.0. The van der Waals surface area contributed by atoms with Gasteiger partial charge in [-0.15, -0.1) is 0 Å². The normalized spacial score (nSPS) is 15.5. The zero-order chi connectivity index (χ0) is 16.4. The van der Waals surface area contributed by atoms with Crippen LogP contribution in [-0.2, 0) is 10.0 Å². The Hall–Kier alpha value is -2.39. The standard InChI is InChI=1S/C13H13N7O2S/c14-5-8-4-9(7-16-6-8)10-2-1-3-11(23(15,21)22)12(10)13-17-19-20-18-13/h1-4,6-7,13,17-20H,(H2,15,21,22). The van der Waals surface area contributed by atoms with E-state index in [0.29, 0.717) is 22.3 Å². The lowest BCUT2D eigenvalue weighted by molar-refractivity contribution is 0.540. The molecule has 0 saturated carbocycles. The first kappa shape index (κ1) is 15.5. The number of hydrogen-bond acceptors (Lipinski definition) is 8. The Labute approximate surface area is 132 Å². The molecule has 0 spiro atoms. The van der Waals surface area contributed by atoms with E-state index >= 15 is 0 Å². The van der Waals surface area contributed by atoms with Gasteiger partial charge in [-0.25, -0.2) is 24.4 Å². The molecule has 0 unspecified atom stereocenters. The fraction of sp³-hybridized carbons (Fsp3) is 0.0769. The molecule has 1 saturated heterocycles.